The summed E-state index contributed by atoms with van der Waals surface area (Å²) in [6.45, 7) is 6.64. The standard InChI is InChI=1S/C18H33N3O2/c1-2-4-17(22)20-13-16-5-3-12-21(14-16)18(23)7-6-15-8-10-19-11-9-15/h15-16,19H,2-14H2,1H3,(H,20,22). The van der Waals surface area contributed by atoms with E-state index in [1.54, 1.807) is 0 Å². The molecule has 0 aromatic carbocycles. The fraction of sp³-hybridized carbons (Fsp3) is 0.889. The number of amides is 2. The van der Waals surface area contributed by atoms with E-state index in [2.05, 4.69) is 10.6 Å². The number of piperidine rings is 2. The molecule has 0 aliphatic carbocycles. The maximum Gasteiger partial charge on any atom is 0.222 e. The number of nitrogens with one attached hydrogen (secondary N) is 2. The Balaban J connectivity index is 1.67. The van der Waals surface area contributed by atoms with Gasteiger partial charge in [0.25, 0.3) is 0 Å². The van der Waals surface area contributed by atoms with Crippen LogP contribution in [-0.4, -0.2) is 49.4 Å². The summed E-state index contributed by atoms with van der Waals surface area (Å²) in [5.74, 6) is 1.59. The van der Waals surface area contributed by atoms with E-state index in [1.165, 1.54) is 12.8 Å². The molecule has 2 aliphatic heterocycles. The van der Waals surface area contributed by atoms with Crippen LogP contribution in [-0.2, 0) is 9.59 Å². The Hall–Kier alpha value is -1.10. The molecule has 1 unspecified atom stereocenters. The molecule has 0 aromatic heterocycles. The van der Waals surface area contributed by atoms with Gasteiger partial charge in [-0.2, -0.15) is 0 Å². The number of carbonyl (C=O) groups excluding carboxylic acids is 2. The normalized spacial score (nSPS) is 22.8. The third kappa shape index (κ3) is 6.50. The van der Waals surface area contributed by atoms with Crippen molar-refractivity contribution in [2.24, 2.45) is 11.8 Å². The largest absolute Gasteiger partial charge is 0.356 e. The van der Waals surface area contributed by atoms with E-state index in [4.69, 9.17) is 0 Å². The van der Waals surface area contributed by atoms with Gasteiger partial charge in [0.1, 0.15) is 0 Å². The van der Waals surface area contributed by atoms with Gasteiger partial charge in [-0.3, -0.25) is 9.59 Å². The predicted octanol–water partition coefficient (Wildman–Crippen LogP) is 1.92. The van der Waals surface area contributed by atoms with E-state index >= 15 is 0 Å². The second-order valence-corrected chi connectivity index (χ2v) is 7.13. The van der Waals surface area contributed by atoms with Gasteiger partial charge in [0.15, 0.2) is 0 Å². The van der Waals surface area contributed by atoms with Crippen LogP contribution in [0.2, 0.25) is 0 Å². The maximum absolute atomic E-state index is 12.4. The summed E-state index contributed by atoms with van der Waals surface area (Å²) in [6, 6.07) is 0. The van der Waals surface area contributed by atoms with Crippen LogP contribution < -0.4 is 10.6 Å². The minimum absolute atomic E-state index is 0.141. The average Bonchev–Trinajstić information content (AvgIpc) is 2.59. The average molecular weight is 323 g/mol. The van der Waals surface area contributed by atoms with Gasteiger partial charge in [0, 0.05) is 32.5 Å². The Labute approximate surface area is 140 Å². The van der Waals surface area contributed by atoms with Crippen molar-refractivity contribution in [2.75, 3.05) is 32.7 Å². The fourth-order valence-corrected chi connectivity index (χ4v) is 3.69. The molecule has 2 saturated heterocycles. The predicted molar refractivity (Wildman–Crippen MR) is 92.0 cm³/mol. The minimum Gasteiger partial charge on any atom is -0.356 e. The number of likely N-dealkylation sites (tertiary alicyclic amines) is 1. The summed E-state index contributed by atoms with van der Waals surface area (Å²) >= 11 is 0. The Kier molecular flexibility index (Phi) is 7.86. The molecule has 2 aliphatic rings. The van der Waals surface area contributed by atoms with Crippen molar-refractivity contribution in [1.82, 2.24) is 15.5 Å². The highest BCUT2D eigenvalue weighted by Crippen LogP contribution is 2.21. The second-order valence-electron chi connectivity index (χ2n) is 7.13. The third-order valence-corrected chi connectivity index (χ3v) is 5.16. The first kappa shape index (κ1) is 18.2. The third-order valence-electron chi connectivity index (χ3n) is 5.16. The number of hydrogen-bond acceptors (Lipinski definition) is 3. The lowest BCUT2D eigenvalue weighted by atomic mass is 9.92. The molecule has 0 spiro atoms. The Morgan fingerprint density at radius 3 is 2.65 bits per heavy atom. The Morgan fingerprint density at radius 1 is 1.13 bits per heavy atom. The van der Waals surface area contributed by atoms with Gasteiger partial charge in [-0.25, -0.2) is 0 Å². The highest BCUT2D eigenvalue weighted by atomic mass is 16.2. The summed E-state index contributed by atoms with van der Waals surface area (Å²) in [6.07, 6.45) is 7.81. The van der Waals surface area contributed by atoms with E-state index in [1.807, 2.05) is 11.8 Å². The van der Waals surface area contributed by atoms with Crippen LogP contribution in [0.5, 0.6) is 0 Å². The van der Waals surface area contributed by atoms with Gasteiger partial charge in [-0.05, 0) is 63.5 Å². The van der Waals surface area contributed by atoms with Crippen LogP contribution in [0.15, 0.2) is 0 Å². The van der Waals surface area contributed by atoms with E-state index < -0.39 is 0 Å². The van der Waals surface area contributed by atoms with Gasteiger partial charge in [0.2, 0.25) is 11.8 Å². The SMILES string of the molecule is CCCC(=O)NCC1CCCN(C(=O)CCC2CCNCC2)C1. The number of nitrogens with zero attached hydrogens (tertiary/aromatic N) is 1. The molecule has 1 atom stereocenters. The second kappa shape index (κ2) is 9.91. The molecule has 0 saturated carbocycles. The summed E-state index contributed by atoms with van der Waals surface area (Å²) < 4.78 is 0. The maximum atomic E-state index is 12.4. The quantitative estimate of drug-likeness (QED) is 0.752. The molecule has 132 valence electrons. The van der Waals surface area contributed by atoms with Crippen molar-refractivity contribution in [3.05, 3.63) is 0 Å². The van der Waals surface area contributed by atoms with Crippen molar-refractivity contribution >= 4 is 11.8 Å². The highest BCUT2D eigenvalue weighted by Gasteiger charge is 2.24. The fourth-order valence-electron chi connectivity index (χ4n) is 3.69. The van der Waals surface area contributed by atoms with Crippen molar-refractivity contribution in [2.45, 2.75) is 58.3 Å². The first-order valence-corrected chi connectivity index (χ1v) is 9.44. The lowest BCUT2D eigenvalue weighted by molar-refractivity contribution is -0.133. The molecular formula is C18H33N3O2. The smallest absolute Gasteiger partial charge is 0.222 e. The molecule has 0 bridgehead atoms. The van der Waals surface area contributed by atoms with E-state index in [0.717, 1.165) is 58.4 Å². The minimum atomic E-state index is 0.141. The molecule has 2 rings (SSSR count). The first-order valence-electron chi connectivity index (χ1n) is 9.44. The summed E-state index contributed by atoms with van der Waals surface area (Å²) in [5.41, 5.74) is 0. The van der Waals surface area contributed by atoms with Gasteiger partial charge in [-0.1, -0.05) is 6.92 Å². The molecule has 5 heteroatoms. The molecule has 0 radical (unpaired) electrons. The summed E-state index contributed by atoms with van der Waals surface area (Å²) in [4.78, 5) is 26.1. The molecule has 2 amide bonds. The Morgan fingerprint density at radius 2 is 1.91 bits per heavy atom. The molecule has 23 heavy (non-hydrogen) atoms. The van der Waals surface area contributed by atoms with Crippen LogP contribution >= 0.6 is 0 Å². The van der Waals surface area contributed by atoms with Crippen LogP contribution in [0.4, 0.5) is 0 Å². The van der Waals surface area contributed by atoms with Crippen molar-refractivity contribution < 1.29 is 9.59 Å². The van der Waals surface area contributed by atoms with Gasteiger partial charge in [-0.15, -0.1) is 0 Å². The van der Waals surface area contributed by atoms with E-state index in [9.17, 15) is 9.59 Å². The summed E-state index contributed by atoms with van der Waals surface area (Å²) in [5, 5.41) is 6.39. The molecule has 2 fully saturated rings. The molecule has 5 nitrogen and oxygen atoms in total. The van der Waals surface area contributed by atoms with Crippen LogP contribution in [0.1, 0.15) is 58.3 Å². The highest BCUT2D eigenvalue weighted by molar-refractivity contribution is 5.76. The number of carbonyl (C=O) groups is 2. The van der Waals surface area contributed by atoms with Crippen molar-refractivity contribution in [1.29, 1.82) is 0 Å². The number of hydrogen-bond donors (Lipinski definition) is 2. The van der Waals surface area contributed by atoms with Crippen LogP contribution in [0.25, 0.3) is 0 Å². The molecular weight excluding hydrogens is 290 g/mol. The van der Waals surface area contributed by atoms with Crippen molar-refractivity contribution in [3.63, 3.8) is 0 Å². The van der Waals surface area contributed by atoms with Crippen LogP contribution in [0.3, 0.4) is 0 Å². The number of rotatable bonds is 7. The van der Waals surface area contributed by atoms with E-state index in [-0.39, 0.29) is 5.91 Å². The lowest BCUT2D eigenvalue weighted by Gasteiger charge is -2.33. The first-order chi connectivity index (χ1) is 11.2. The lowest BCUT2D eigenvalue weighted by Crippen LogP contribution is -2.43. The van der Waals surface area contributed by atoms with Crippen molar-refractivity contribution in [3.8, 4) is 0 Å². The van der Waals surface area contributed by atoms with E-state index in [0.29, 0.717) is 30.6 Å². The molecule has 0 aromatic rings. The van der Waals surface area contributed by atoms with Crippen LogP contribution in [0, 0.1) is 11.8 Å². The monoisotopic (exact) mass is 323 g/mol. The zero-order valence-electron chi connectivity index (χ0n) is 14.6. The zero-order chi connectivity index (χ0) is 16.5. The topological polar surface area (TPSA) is 61.4 Å². The van der Waals surface area contributed by atoms with Gasteiger partial charge in [0.05, 0.1) is 0 Å². The van der Waals surface area contributed by atoms with Gasteiger partial charge >= 0.3 is 0 Å². The Bertz CT molecular complexity index is 380. The zero-order valence-corrected chi connectivity index (χ0v) is 14.6. The molecule has 2 heterocycles. The molecule has 2 N–H and O–H groups in total. The summed E-state index contributed by atoms with van der Waals surface area (Å²) in [7, 11) is 0. The van der Waals surface area contributed by atoms with Gasteiger partial charge < -0.3 is 15.5 Å².